The first-order valence-corrected chi connectivity index (χ1v) is 5.60. The Bertz CT molecular complexity index is 225. The smallest absolute Gasteiger partial charge is 0.306 e. The molecular weight excluding hydrogens is 178 g/mol. The van der Waals surface area contributed by atoms with E-state index in [9.17, 15) is 9.90 Å². The third kappa shape index (κ3) is 2.08. The van der Waals surface area contributed by atoms with Crippen LogP contribution < -0.4 is 0 Å². The fourth-order valence-electron chi connectivity index (χ4n) is 2.65. The molecular formula is C11H19NO2. The molecule has 0 radical (unpaired) electrons. The predicted octanol–water partition coefficient (Wildman–Crippen LogP) is 1.44. The van der Waals surface area contributed by atoms with Crippen molar-refractivity contribution in [1.82, 2.24) is 4.90 Å². The Morgan fingerprint density at radius 1 is 1.21 bits per heavy atom. The SMILES string of the molecule is CN1CCC(C(=O)O)C(C2CC2)CC1. The number of carboxylic acid groups (broad SMARTS) is 1. The lowest BCUT2D eigenvalue weighted by Gasteiger charge is -2.20. The molecule has 2 fully saturated rings. The summed E-state index contributed by atoms with van der Waals surface area (Å²) < 4.78 is 0. The van der Waals surface area contributed by atoms with Gasteiger partial charge in [0.05, 0.1) is 5.92 Å². The zero-order valence-corrected chi connectivity index (χ0v) is 8.78. The van der Waals surface area contributed by atoms with Crippen LogP contribution in [0.4, 0.5) is 0 Å². The van der Waals surface area contributed by atoms with Gasteiger partial charge in [-0.05, 0) is 57.7 Å². The van der Waals surface area contributed by atoms with Crippen LogP contribution in [0.25, 0.3) is 0 Å². The number of aliphatic carboxylic acids is 1. The molecule has 1 saturated carbocycles. The lowest BCUT2D eigenvalue weighted by Crippen LogP contribution is -2.25. The van der Waals surface area contributed by atoms with E-state index in [2.05, 4.69) is 11.9 Å². The molecule has 0 aromatic heterocycles. The second kappa shape index (κ2) is 3.89. The molecule has 2 aliphatic rings. The van der Waals surface area contributed by atoms with Crippen LogP contribution in [0.15, 0.2) is 0 Å². The second-order valence-electron chi connectivity index (χ2n) is 4.83. The zero-order chi connectivity index (χ0) is 10.1. The molecule has 1 saturated heterocycles. The van der Waals surface area contributed by atoms with E-state index in [0.29, 0.717) is 5.92 Å². The van der Waals surface area contributed by atoms with Gasteiger partial charge in [0.2, 0.25) is 0 Å². The summed E-state index contributed by atoms with van der Waals surface area (Å²) >= 11 is 0. The van der Waals surface area contributed by atoms with Crippen LogP contribution in [0, 0.1) is 17.8 Å². The van der Waals surface area contributed by atoms with E-state index >= 15 is 0 Å². The second-order valence-corrected chi connectivity index (χ2v) is 4.83. The lowest BCUT2D eigenvalue weighted by atomic mass is 9.84. The third-order valence-corrected chi connectivity index (χ3v) is 3.73. The van der Waals surface area contributed by atoms with E-state index in [1.807, 2.05) is 0 Å². The number of carboxylic acids is 1. The van der Waals surface area contributed by atoms with Gasteiger partial charge in [0.1, 0.15) is 0 Å². The minimum atomic E-state index is -0.572. The van der Waals surface area contributed by atoms with Gasteiger partial charge in [0.15, 0.2) is 0 Å². The average molecular weight is 197 g/mol. The summed E-state index contributed by atoms with van der Waals surface area (Å²) in [5.41, 5.74) is 0. The minimum absolute atomic E-state index is 0.0764. The molecule has 1 aliphatic carbocycles. The van der Waals surface area contributed by atoms with Gasteiger partial charge in [-0.25, -0.2) is 0 Å². The number of likely N-dealkylation sites (tertiary alicyclic amines) is 1. The van der Waals surface area contributed by atoms with Crippen molar-refractivity contribution in [3.63, 3.8) is 0 Å². The summed E-state index contributed by atoms with van der Waals surface area (Å²) in [7, 11) is 2.09. The summed E-state index contributed by atoms with van der Waals surface area (Å²) in [6.07, 6.45) is 4.45. The Morgan fingerprint density at radius 2 is 1.86 bits per heavy atom. The molecule has 1 aliphatic heterocycles. The number of nitrogens with zero attached hydrogens (tertiary/aromatic N) is 1. The largest absolute Gasteiger partial charge is 0.481 e. The molecule has 0 bridgehead atoms. The zero-order valence-electron chi connectivity index (χ0n) is 8.78. The Morgan fingerprint density at radius 3 is 2.43 bits per heavy atom. The fraction of sp³-hybridized carbons (Fsp3) is 0.909. The van der Waals surface area contributed by atoms with Crippen LogP contribution >= 0.6 is 0 Å². The van der Waals surface area contributed by atoms with Crippen molar-refractivity contribution in [2.45, 2.75) is 25.7 Å². The molecule has 1 heterocycles. The van der Waals surface area contributed by atoms with Gasteiger partial charge >= 0.3 is 5.97 Å². The normalized spacial score (nSPS) is 35.2. The van der Waals surface area contributed by atoms with Crippen molar-refractivity contribution >= 4 is 5.97 Å². The Hall–Kier alpha value is -0.570. The van der Waals surface area contributed by atoms with Crippen LogP contribution in [0.3, 0.4) is 0 Å². The lowest BCUT2D eigenvalue weighted by molar-refractivity contribution is -0.144. The van der Waals surface area contributed by atoms with Crippen molar-refractivity contribution in [2.24, 2.45) is 17.8 Å². The van der Waals surface area contributed by atoms with Crippen molar-refractivity contribution < 1.29 is 9.90 Å². The first kappa shape index (κ1) is 9.97. The van der Waals surface area contributed by atoms with E-state index in [0.717, 1.165) is 31.8 Å². The fourth-order valence-corrected chi connectivity index (χ4v) is 2.65. The van der Waals surface area contributed by atoms with E-state index in [4.69, 9.17) is 0 Å². The maximum Gasteiger partial charge on any atom is 0.306 e. The number of hydrogen-bond donors (Lipinski definition) is 1. The van der Waals surface area contributed by atoms with Crippen molar-refractivity contribution in [3.05, 3.63) is 0 Å². The first-order chi connectivity index (χ1) is 6.68. The monoisotopic (exact) mass is 197 g/mol. The van der Waals surface area contributed by atoms with Crippen LogP contribution in [0.5, 0.6) is 0 Å². The van der Waals surface area contributed by atoms with Gasteiger partial charge in [-0.1, -0.05) is 0 Å². The maximum absolute atomic E-state index is 11.1. The average Bonchev–Trinajstić information content (AvgIpc) is 2.89. The molecule has 3 nitrogen and oxygen atoms in total. The highest BCUT2D eigenvalue weighted by molar-refractivity contribution is 5.70. The topological polar surface area (TPSA) is 40.5 Å². The Balaban J connectivity index is 2.04. The van der Waals surface area contributed by atoms with Crippen LogP contribution in [0.2, 0.25) is 0 Å². The Labute approximate surface area is 85.1 Å². The quantitative estimate of drug-likeness (QED) is 0.728. The molecule has 1 N–H and O–H groups in total. The number of rotatable bonds is 2. The first-order valence-electron chi connectivity index (χ1n) is 5.60. The van der Waals surface area contributed by atoms with Crippen LogP contribution in [-0.2, 0) is 4.79 Å². The summed E-state index contributed by atoms with van der Waals surface area (Å²) in [6, 6.07) is 0. The van der Waals surface area contributed by atoms with Gasteiger partial charge in [-0.3, -0.25) is 4.79 Å². The molecule has 2 atom stereocenters. The molecule has 0 spiro atoms. The predicted molar refractivity (Wildman–Crippen MR) is 54.1 cm³/mol. The van der Waals surface area contributed by atoms with Crippen molar-refractivity contribution in [2.75, 3.05) is 20.1 Å². The molecule has 2 rings (SSSR count). The molecule has 80 valence electrons. The summed E-state index contributed by atoms with van der Waals surface area (Å²) in [6.45, 7) is 2.02. The van der Waals surface area contributed by atoms with Crippen LogP contribution in [0.1, 0.15) is 25.7 Å². The highest BCUT2D eigenvalue weighted by Crippen LogP contribution is 2.44. The van der Waals surface area contributed by atoms with E-state index in [1.54, 1.807) is 0 Å². The third-order valence-electron chi connectivity index (χ3n) is 3.73. The number of hydrogen-bond acceptors (Lipinski definition) is 2. The summed E-state index contributed by atoms with van der Waals surface area (Å²) in [5, 5.41) is 9.18. The molecule has 3 heteroatoms. The summed E-state index contributed by atoms with van der Waals surface area (Å²) in [5.74, 6) is 0.532. The molecule has 14 heavy (non-hydrogen) atoms. The van der Waals surface area contributed by atoms with Gasteiger partial charge in [0, 0.05) is 0 Å². The number of carbonyl (C=O) groups is 1. The van der Waals surface area contributed by atoms with E-state index in [-0.39, 0.29) is 5.92 Å². The van der Waals surface area contributed by atoms with E-state index in [1.165, 1.54) is 12.8 Å². The van der Waals surface area contributed by atoms with Gasteiger partial charge < -0.3 is 10.0 Å². The highest BCUT2D eigenvalue weighted by atomic mass is 16.4. The Kier molecular flexibility index (Phi) is 2.77. The van der Waals surface area contributed by atoms with Crippen molar-refractivity contribution in [1.29, 1.82) is 0 Å². The standard InChI is InChI=1S/C11H19NO2/c1-12-6-4-9(8-2-3-8)10(5-7-12)11(13)14/h8-10H,2-7H2,1H3,(H,13,14). The van der Waals surface area contributed by atoms with Gasteiger partial charge in [-0.15, -0.1) is 0 Å². The molecule has 0 amide bonds. The van der Waals surface area contributed by atoms with Gasteiger partial charge in [0.25, 0.3) is 0 Å². The minimum Gasteiger partial charge on any atom is -0.481 e. The highest BCUT2D eigenvalue weighted by Gasteiger charge is 2.40. The van der Waals surface area contributed by atoms with Crippen molar-refractivity contribution in [3.8, 4) is 0 Å². The molecule has 0 aromatic carbocycles. The molecule has 0 aromatic rings. The maximum atomic E-state index is 11.1. The molecule has 2 unspecified atom stereocenters. The summed E-state index contributed by atoms with van der Waals surface area (Å²) in [4.78, 5) is 13.4. The van der Waals surface area contributed by atoms with Gasteiger partial charge in [-0.2, -0.15) is 0 Å². The van der Waals surface area contributed by atoms with Crippen LogP contribution in [-0.4, -0.2) is 36.1 Å². The van der Waals surface area contributed by atoms with E-state index < -0.39 is 5.97 Å².